The Morgan fingerprint density at radius 1 is 1.15 bits per heavy atom. The van der Waals surface area contributed by atoms with Crippen LogP contribution >= 0.6 is 0 Å². The lowest BCUT2D eigenvalue weighted by atomic mass is 9.89. The Balaban J connectivity index is 0.00000146. The van der Waals surface area contributed by atoms with Gasteiger partial charge < -0.3 is 19.6 Å². The van der Waals surface area contributed by atoms with Crippen molar-refractivity contribution in [3.8, 4) is 0 Å². The Labute approximate surface area is 159 Å². The summed E-state index contributed by atoms with van der Waals surface area (Å²) in [5.41, 5.74) is -0.478. The van der Waals surface area contributed by atoms with Gasteiger partial charge in [-0.3, -0.25) is 4.79 Å². The smallest absolute Gasteiger partial charge is 0.410 e. The van der Waals surface area contributed by atoms with Crippen molar-refractivity contribution in [3.63, 3.8) is 0 Å². The molecule has 1 N–H and O–H groups in total. The predicted octanol–water partition coefficient (Wildman–Crippen LogP) is 3.53. The summed E-state index contributed by atoms with van der Waals surface area (Å²) in [5, 5.41) is 7.00. The summed E-state index contributed by atoms with van der Waals surface area (Å²) in [4.78, 5) is 28.5. The minimum Gasteiger partial charge on any atom is -0.444 e. The van der Waals surface area contributed by atoms with Crippen LogP contribution in [0.2, 0.25) is 0 Å². The highest BCUT2D eigenvalue weighted by Gasteiger charge is 2.37. The topological polar surface area (TPSA) is 70.1 Å². The average molecular weight is 373 g/mol. The first-order valence-electron chi connectivity index (χ1n) is 9.90. The molecule has 0 bridgehead atoms. The number of ether oxygens (including phenoxy) is 1. The molecule has 0 aromatic carbocycles. The van der Waals surface area contributed by atoms with Gasteiger partial charge in [0.1, 0.15) is 5.60 Å². The van der Waals surface area contributed by atoms with E-state index in [2.05, 4.69) is 6.92 Å². The molecule has 2 saturated heterocycles. The van der Waals surface area contributed by atoms with Crippen LogP contribution in [0.5, 0.6) is 0 Å². The Hall–Kier alpha value is -1.30. The molecule has 2 amide bonds. The zero-order chi connectivity index (χ0) is 20.5. The SMILES string of the molecule is CC.CC1C[C@@H](C)CN([C@@H]2CCCN(C(=O)OC(C)(C)C)C2)C1=O.CO. The molecule has 0 spiro atoms. The molecule has 2 rings (SSSR count). The third kappa shape index (κ3) is 7.52. The first kappa shape index (κ1) is 24.7. The number of hydrogen-bond donors (Lipinski definition) is 1. The Kier molecular flexibility index (Phi) is 10.8. The lowest BCUT2D eigenvalue weighted by Crippen LogP contribution is -2.56. The van der Waals surface area contributed by atoms with Crippen LogP contribution in [0.4, 0.5) is 4.79 Å². The van der Waals surface area contributed by atoms with Crippen LogP contribution in [-0.4, -0.2) is 65.3 Å². The fourth-order valence-corrected chi connectivity index (χ4v) is 3.52. The van der Waals surface area contributed by atoms with E-state index < -0.39 is 5.60 Å². The van der Waals surface area contributed by atoms with E-state index in [0.717, 1.165) is 39.5 Å². The van der Waals surface area contributed by atoms with Crippen LogP contribution in [0.3, 0.4) is 0 Å². The van der Waals surface area contributed by atoms with Crippen molar-refractivity contribution in [2.24, 2.45) is 11.8 Å². The first-order valence-corrected chi connectivity index (χ1v) is 9.90. The summed E-state index contributed by atoms with van der Waals surface area (Å²) in [5.74, 6) is 0.874. The molecule has 0 saturated carbocycles. The second-order valence-electron chi connectivity index (χ2n) is 7.95. The molecule has 2 aliphatic rings. The van der Waals surface area contributed by atoms with Crippen molar-refractivity contribution in [3.05, 3.63) is 0 Å². The van der Waals surface area contributed by atoms with Gasteiger partial charge in [-0.05, 0) is 46.0 Å². The molecule has 0 aromatic heterocycles. The molecule has 2 fully saturated rings. The molecule has 0 aliphatic carbocycles. The van der Waals surface area contributed by atoms with Crippen molar-refractivity contribution < 1.29 is 19.4 Å². The minimum absolute atomic E-state index is 0.0978. The van der Waals surface area contributed by atoms with Gasteiger partial charge in [-0.15, -0.1) is 0 Å². The molecule has 2 aliphatic heterocycles. The normalized spacial score (nSPS) is 26.2. The largest absolute Gasteiger partial charge is 0.444 e. The standard InChI is InChI=1S/C17H30N2O3.C2H6.CH4O/c1-12-9-13(2)15(20)19(10-12)14-7-6-8-18(11-14)16(21)22-17(3,4)5;2*1-2/h12-14H,6-11H2,1-5H3;1-2H3;2H,1H3/t12-,13?,14-;;/m1../s1. The minimum atomic E-state index is -0.478. The van der Waals surface area contributed by atoms with E-state index in [1.165, 1.54) is 0 Å². The molecule has 154 valence electrons. The number of aliphatic hydroxyl groups is 1. The van der Waals surface area contributed by atoms with Crippen LogP contribution in [-0.2, 0) is 9.53 Å². The summed E-state index contributed by atoms with van der Waals surface area (Å²) >= 11 is 0. The van der Waals surface area contributed by atoms with Gasteiger partial charge in [0.25, 0.3) is 0 Å². The highest BCUT2D eigenvalue weighted by atomic mass is 16.6. The Morgan fingerprint density at radius 2 is 1.73 bits per heavy atom. The first-order chi connectivity index (χ1) is 12.2. The molecular weight excluding hydrogens is 332 g/mol. The van der Waals surface area contributed by atoms with Crippen LogP contribution in [0.15, 0.2) is 0 Å². The zero-order valence-electron chi connectivity index (χ0n) is 18.0. The van der Waals surface area contributed by atoms with E-state index in [1.807, 2.05) is 46.4 Å². The third-order valence-corrected chi connectivity index (χ3v) is 4.46. The molecular formula is C20H40N2O4. The van der Waals surface area contributed by atoms with E-state index >= 15 is 0 Å². The number of carbonyl (C=O) groups is 2. The molecule has 3 atom stereocenters. The summed E-state index contributed by atoms with van der Waals surface area (Å²) < 4.78 is 5.47. The van der Waals surface area contributed by atoms with Crippen LogP contribution < -0.4 is 0 Å². The van der Waals surface area contributed by atoms with Crippen molar-refractivity contribution in [2.75, 3.05) is 26.7 Å². The highest BCUT2D eigenvalue weighted by molar-refractivity contribution is 5.79. The van der Waals surface area contributed by atoms with Gasteiger partial charge in [0, 0.05) is 38.7 Å². The average Bonchev–Trinajstić information content (AvgIpc) is 2.60. The number of aliphatic hydroxyl groups excluding tert-OH is 1. The van der Waals surface area contributed by atoms with E-state index in [0.29, 0.717) is 12.5 Å². The summed E-state index contributed by atoms with van der Waals surface area (Å²) in [6.07, 6.45) is 2.61. The fourth-order valence-electron chi connectivity index (χ4n) is 3.52. The molecule has 0 radical (unpaired) electrons. The van der Waals surface area contributed by atoms with Gasteiger partial charge in [0.05, 0.1) is 0 Å². The van der Waals surface area contributed by atoms with Crippen LogP contribution in [0.1, 0.15) is 67.7 Å². The lowest BCUT2D eigenvalue weighted by Gasteiger charge is -2.44. The Bertz CT molecular complexity index is 434. The number of hydrogen-bond acceptors (Lipinski definition) is 4. The summed E-state index contributed by atoms with van der Waals surface area (Å²) in [7, 11) is 1.00. The quantitative estimate of drug-likeness (QED) is 0.764. The number of piperidine rings is 2. The van der Waals surface area contributed by atoms with Gasteiger partial charge >= 0.3 is 6.09 Å². The van der Waals surface area contributed by atoms with E-state index in [-0.39, 0.29) is 24.0 Å². The molecule has 0 aromatic rings. The van der Waals surface area contributed by atoms with Crippen LogP contribution in [0.25, 0.3) is 0 Å². The third-order valence-electron chi connectivity index (χ3n) is 4.46. The number of carbonyl (C=O) groups excluding carboxylic acids is 2. The van der Waals surface area contributed by atoms with Gasteiger partial charge in [-0.2, -0.15) is 0 Å². The fraction of sp³-hybridized carbons (Fsp3) is 0.900. The van der Waals surface area contributed by atoms with Gasteiger partial charge in [-0.1, -0.05) is 27.7 Å². The molecule has 26 heavy (non-hydrogen) atoms. The Morgan fingerprint density at radius 3 is 2.27 bits per heavy atom. The number of likely N-dealkylation sites (tertiary alicyclic amines) is 2. The highest BCUT2D eigenvalue weighted by Crippen LogP contribution is 2.27. The lowest BCUT2D eigenvalue weighted by molar-refractivity contribution is -0.143. The van der Waals surface area contributed by atoms with Gasteiger partial charge in [0.2, 0.25) is 5.91 Å². The summed E-state index contributed by atoms with van der Waals surface area (Å²) in [6.45, 7) is 16.0. The van der Waals surface area contributed by atoms with Gasteiger partial charge in [0.15, 0.2) is 0 Å². The maximum Gasteiger partial charge on any atom is 0.410 e. The molecule has 1 unspecified atom stereocenters. The molecule has 2 heterocycles. The summed E-state index contributed by atoms with van der Waals surface area (Å²) in [6, 6.07) is 0.138. The van der Waals surface area contributed by atoms with E-state index in [9.17, 15) is 9.59 Å². The predicted molar refractivity (Wildman–Crippen MR) is 105 cm³/mol. The number of nitrogens with zero attached hydrogens (tertiary/aromatic N) is 2. The monoisotopic (exact) mass is 372 g/mol. The maximum absolute atomic E-state index is 12.5. The number of amides is 2. The second-order valence-corrected chi connectivity index (χ2v) is 7.95. The van der Waals surface area contributed by atoms with Crippen molar-refractivity contribution >= 4 is 12.0 Å². The molecule has 6 heteroatoms. The van der Waals surface area contributed by atoms with Crippen molar-refractivity contribution in [1.82, 2.24) is 9.80 Å². The second kappa shape index (κ2) is 11.4. The van der Waals surface area contributed by atoms with Gasteiger partial charge in [-0.25, -0.2) is 4.79 Å². The van der Waals surface area contributed by atoms with E-state index in [1.54, 1.807) is 4.90 Å². The molecule has 6 nitrogen and oxygen atoms in total. The maximum atomic E-state index is 12.5. The van der Waals surface area contributed by atoms with Crippen molar-refractivity contribution in [1.29, 1.82) is 0 Å². The van der Waals surface area contributed by atoms with Crippen LogP contribution in [0, 0.1) is 11.8 Å². The van der Waals surface area contributed by atoms with Crippen molar-refractivity contribution in [2.45, 2.75) is 79.4 Å². The van der Waals surface area contributed by atoms with E-state index in [4.69, 9.17) is 9.84 Å². The number of rotatable bonds is 1. The zero-order valence-corrected chi connectivity index (χ0v) is 18.0.